The molecule has 1 aromatic heterocycles. The smallest absolute Gasteiger partial charge is 0.227 e. The molecule has 0 bridgehead atoms. The molecule has 0 aliphatic rings. The highest BCUT2D eigenvalue weighted by atomic mass is 35.5. The summed E-state index contributed by atoms with van der Waals surface area (Å²) >= 11 is 7.39. The van der Waals surface area contributed by atoms with E-state index in [-0.39, 0.29) is 5.91 Å². The van der Waals surface area contributed by atoms with Crippen LogP contribution in [0.15, 0.2) is 36.4 Å². The first-order valence-electron chi connectivity index (χ1n) is 6.19. The molecule has 0 radical (unpaired) electrons. The predicted octanol–water partition coefficient (Wildman–Crippen LogP) is 3.61. The summed E-state index contributed by atoms with van der Waals surface area (Å²) in [5, 5.41) is 0. The number of carbonyl (C=O) groups is 1. The van der Waals surface area contributed by atoms with Crippen LogP contribution < -0.4 is 4.74 Å². The van der Waals surface area contributed by atoms with Gasteiger partial charge in [0.1, 0.15) is 5.75 Å². The third kappa shape index (κ3) is 3.99. The molecule has 1 heterocycles. The summed E-state index contributed by atoms with van der Waals surface area (Å²) in [6.45, 7) is 0.584. The van der Waals surface area contributed by atoms with Crippen LogP contribution >= 0.6 is 22.9 Å². The van der Waals surface area contributed by atoms with Gasteiger partial charge in [-0.05, 0) is 29.8 Å². The van der Waals surface area contributed by atoms with Crippen LogP contribution in [-0.2, 0) is 17.8 Å². The Bertz CT molecular complexity index is 597. The van der Waals surface area contributed by atoms with Crippen molar-refractivity contribution < 1.29 is 9.53 Å². The van der Waals surface area contributed by atoms with Gasteiger partial charge in [-0.1, -0.05) is 23.7 Å². The molecule has 0 spiro atoms. The molecule has 0 N–H and O–H groups in total. The normalized spacial score (nSPS) is 10.3. The lowest BCUT2D eigenvalue weighted by Crippen LogP contribution is -2.27. The molecule has 0 saturated carbocycles. The Hall–Kier alpha value is -1.52. The predicted molar refractivity (Wildman–Crippen MR) is 82.5 cm³/mol. The van der Waals surface area contributed by atoms with Crippen molar-refractivity contribution in [3.05, 3.63) is 51.2 Å². The van der Waals surface area contributed by atoms with E-state index in [0.29, 0.717) is 13.0 Å². The van der Waals surface area contributed by atoms with E-state index in [1.807, 2.05) is 36.4 Å². The van der Waals surface area contributed by atoms with Crippen LogP contribution in [0.1, 0.15) is 10.4 Å². The fourth-order valence-corrected chi connectivity index (χ4v) is 2.99. The molecule has 1 aromatic carbocycles. The van der Waals surface area contributed by atoms with E-state index < -0.39 is 0 Å². The molecule has 20 heavy (non-hydrogen) atoms. The zero-order valence-electron chi connectivity index (χ0n) is 11.4. The Labute approximate surface area is 127 Å². The highest BCUT2D eigenvalue weighted by Gasteiger charge is 2.11. The Kier molecular flexibility index (Phi) is 5.04. The van der Waals surface area contributed by atoms with Gasteiger partial charge in [-0.15, -0.1) is 11.3 Å². The number of amides is 1. The maximum atomic E-state index is 12.2. The van der Waals surface area contributed by atoms with Crippen molar-refractivity contribution in [2.24, 2.45) is 0 Å². The van der Waals surface area contributed by atoms with Crippen LogP contribution in [-0.4, -0.2) is 25.0 Å². The molecule has 1 amide bonds. The Morgan fingerprint density at radius 2 is 2.15 bits per heavy atom. The van der Waals surface area contributed by atoms with E-state index in [1.54, 1.807) is 19.1 Å². The number of thiophene rings is 1. The molecule has 0 aliphatic carbocycles. The number of hydrogen-bond donors (Lipinski definition) is 0. The summed E-state index contributed by atoms with van der Waals surface area (Å²) in [4.78, 5) is 15.0. The van der Waals surface area contributed by atoms with Crippen molar-refractivity contribution >= 4 is 28.8 Å². The zero-order chi connectivity index (χ0) is 14.5. The van der Waals surface area contributed by atoms with E-state index in [9.17, 15) is 4.79 Å². The third-order valence-electron chi connectivity index (χ3n) is 2.94. The number of carbonyl (C=O) groups excluding carboxylic acids is 1. The van der Waals surface area contributed by atoms with Crippen LogP contribution in [0.5, 0.6) is 5.75 Å². The van der Waals surface area contributed by atoms with Gasteiger partial charge in [0.15, 0.2) is 0 Å². The van der Waals surface area contributed by atoms with Crippen molar-refractivity contribution in [1.29, 1.82) is 0 Å². The molecule has 3 nitrogen and oxygen atoms in total. The summed E-state index contributed by atoms with van der Waals surface area (Å²) in [5.41, 5.74) is 0.949. The van der Waals surface area contributed by atoms with Gasteiger partial charge in [0.05, 0.1) is 24.4 Å². The van der Waals surface area contributed by atoms with E-state index in [0.717, 1.165) is 20.5 Å². The fraction of sp³-hybridized carbons (Fsp3) is 0.267. The van der Waals surface area contributed by atoms with Crippen LogP contribution in [0.25, 0.3) is 0 Å². The summed E-state index contributed by atoms with van der Waals surface area (Å²) in [5.74, 6) is 0.839. The summed E-state index contributed by atoms with van der Waals surface area (Å²) < 4.78 is 5.90. The molecule has 0 unspecified atom stereocenters. The molecule has 0 fully saturated rings. The van der Waals surface area contributed by atoms with Crippen LogP contribution in [0.4, 0.5) is 0 Å². The van der Waals surface area contributed by atoms with Crippen molar-refractivity contribution in [2.75, 3.05) is 14.2 Å². The van der Waals surface area contributed by atoms with E-state index in [1.165, 1.54) is 11.3 Å². The van der Waals surface area contributed by atoms with Gasteiger partial charge in [0.25, 0.3) is 0 Å². The maximum Gasteiger partial charge on any atom is 0.227 e. The molecule has 106 valence electrons. The molecule has 0 saturated heterocycles. The van der Waals surface area contributed by atoms with Crippen LogP contribution in [0.2, 0.25) is 4.34 Å². The molecule has 0 atom stereocenters. The highest BCUT2D eigenvalue weighted by molar-refractivity contribution is 7.16. The average Bonchev–Trinajstić information content (AvgIpc) is 2.84. The number of hydrogen-bond acceptors (Lipinski definition) is 3. The van der Waals surface area contributed by atoms with Gasteiger partial charge in [0, 0.05) is 11.9 Å². The summed E-state index contributed by atoms with van der Waals surface area (Å²) in [6, 6.07) is 11.4. The average molecular weight is 310 g/mol. The number of likely N-dealkylation sites (N-methyl/N-ethyl adjacent to an activating group) is 1. The van der Waals surface area contributed by atoms with E-state index >= 15 is 0 Å². The van der Waals surface area contributed by atoms with Crippen LogP contribution in [0, 0.1) is 0 Å². The second-order valence-corrected chi connectivity index (χ2v) is 6.28. The molecule has 0 aliphatic heterocycles. The summed E-state index contributed by atoms with van der Waals surface area (Å²) in [6.07, 6.45) is 0.368. The monoisotopic (exact) mass is 309 g/mol. The Balaban J connectivity index is 1.96. The quantitative estimate of drug-likeness (QED) is 0.844. The molecule has 5 heteroatoms. The van der Waals surface area contributed by atoms with Crippen molar-refractivity contribution in [3.8, 4) is 5.75 Å². The Morgan fingerprint density at radius 1 is 1.35 bits per heavy atom. The minimum Gasteiger partial charge on any atom is -0.497 e. The fourth-order valence-electron chi connectivity index (χ4n) is 1.85. The van der Waals surface area contributed by atoms with E-state index in [2.05, 4.69) is 0 Å². The lowest BCUT2D eigenvalue weighted by Gasteiger charge is -2.16. The van der Waals surface area contributed by atoms with Gasteiger partial charge < -0.3 is 9.64 Å². The molecule has 2 rings (SSSR count). The topological polar surface area (TPSA) is 29.5 Å². The van der Waals surface area contributed by atoms with Crippen molar-refractivity contribution in [1.82, 2.24) is 4.90 Å². The standard InChI is InChI=1S/C15H16ClNO2S/c1-17(10-13-6-7-14(16)20-13)15(18)9-11-4-3-5-12(8-11)19-2/h3-8H,9-10H2,1-2H3. The van der Waals surface area contributed by atoms with Gasteiger partial charge >= 0.3 is 0 Å². The van der Waals surface area contributed by atoms with Crippen LogP contribution in [0.3, 0.4) is 0 Å². The molecular formula is C15H16ClNO2S. The number of ether oxygens (including phenoxy) is 1. The van der Waals surface area contributed by atoms with Gasteiger partial charge in [-0.3, -0.25) is 4.79 Å². The first kappa shape index (κ1) is 14.9. The first-order chi connectivity index (χ1) is 9.58. The summed E-state index contributed by atoms with van der Waals surface area (Å²) in [7, 11) is 3.42. The minimum absolute atomic E-state index is 0.0720. The van der Waals surface area contributed by atoms with Gasteiger partial charge in [-0.25, -0.2) is 0 Å². The van der Waals surface area contributed by atoms with E-state index in [4.69, 9.17) is 16.3 Å². The van der Waals surface area contributed by atoms with Gasteiger partial charge in [0.2, 0.25) is 5.91 Å². The molecular weight excluding hydrogens is 294 g/mol. The SMILES string of the molecule is COc1cccc(CC(=O)N(C)Cc2ccc(Cl)s2)c1. The lowest BCUT2D eigenvalue weighted by atomic mass is 10.1. The van der Waals surface area contributed by atoms with Crippen molar-refractivity contribution in [2.45, 2.75) is 13.0 Å². The minimum atomic E-state index is 0.0720. The first-order valence-corrected chi connectivity index (χ1v) is 7.39. The second-order valence-electron chi connectivity index (χ2n) is 4.48. The Morgan fingerprint density at radius 3 is 2.80 bits per heavy atom. The lowest BCUT2D eigenvalue weighted by molar-refractivity contribution is -0.129. The largest absolute Gasteiger partial charge is 0.497 e. The second kappa shape index (κ2) is 6.77. The van der Waals surface area contributed by atoms with Gasteiger partial charge in [-0.2, -0.15) is 0 Å². The molecule has 2 aromatic rings. The number of rotatable bonds is 5. The highest BCUT2D eigenvalue weighted by Crippen LogP contribution is 2.22. The maximum absolute atomic E-state index is 12.2. The third-order valence-corrected chi connectivity index (χ3v) is 4.15. The number of benzene rings is 1. The number of methoxy groups -OCH3 is 1. The zero-order valence-corrected chi connectivity index (χ0v) is 13.0. The number of halogens is 1. The van der Waals surface area contributed by atoms with Crippen molar-refractivity contribution in [3.63, 3.8) is 0 Å². The number of nitrogens with zero attached hydrogens (tertiary/aromatic N) is 1.